The molecule has 2 nitrogen and oxygen atoms in total. The fourth-order valence-electron chi connectivity index (χ4n) is 3.78. The Morgan fingerprint density at radius 1 is 0.933 bits per heavy atom. The first kappa shape index (κ1) is 10.1. The van der Waals surface area contributed by atoms with Crippen molar-refractivity contribution in [1.29, 1.82) is 0 Å². The highest BCUT2D eigenvalue weighted by Gasteiger charge is 2.36. The molecule has 2 saturated heterocycles. The smallest absolute Gasteiger partial charge is 0.0469 e. The van der Waals surface area contributed by atoms with E-state index in [9.17, 15) is 0 Å². The van der Waals surface area contributed by atoms with Gasteiger partial charge in [0.05, 0.1) is 0 Å². The van der Waals surface area contributed by atoms with Gasteiger partial charge in [0.15, 0.2) is 0 Å². The first-order valence-electron chi connectivity index (χ1n) is 6.72. The molecule has 2 aliphatic heterocycles. The minimum atomic E-state index is 0.928. The predicted molar refractivity (Wildman–Crippen MR) is 60.8 cm³/mol. The maximum Gasteiger partial charge on any atom is 0.0469 e. The number of ether oxygens (including phenoxy) is 1. The lowest BCUT2D eigenvalue weighted by Crippen LogP contribution is -2.31. The van der Waals surface area contributed by atoms with Crippen LogP contribution in [0.1, 0.15) is 32.1 Å². The number of hydrogen-bond acceptors (Lipinski definition) is 2. The van der Waals surface area contributed by atoms with Gasteiger partial charge >= 0.3 is 0 Å². The van der Waals surface area contributed by atoms with Crippen molar-refractivity contribution in [3.8, 4) is 0 Å². The Balaban J connectivity index is 1.48. The van der Waals surface area contributed by atoms with Gasteiger partial charge < -0.3 is 9.64 Å². The van der Waals surface area contributed by atoms with E-state index in [4.69, 9.17) is 4.74 Å². The average Bonchev–Trinajstić information content (AvgIpc) is 2.79. The predicted octanol–water partition coefficient (Wildman–Crippen LogP) is 2.14. The van der Waals surface area contributed by atoms with Gasteiger partial charge in [0.2, 0.25) is 0 Å². The van der Waals surface area contributed by atoms with Crippen LogP contribution in [0.15, 0.2) is 0 Å². The lowest BCUT2D eigenvalue weighted by Gasteiger charge is -2.27. The van der Waals surface area contributed by atoms with Gasteiger partial charge in [-0.3, -0.25) is 0 Å². The van der Waals surface area contributed by atoms with E-state index in [-0.39, 0.29) is 0 Å². The van der Waals surface area contributed by atoms with E-state index in [0.29, 0.717) is 0 Å². The highest BCUT2D eigenvalue weighted by atomic mass is 16.5. The summed E-state index contributed by atoms with van der Waals surface area (Å²) in [7, 11) is 0. The Labute approximate surface area is 93.0 Å². The molecule has 3 fully saturated rings. The van der Waals surface area contributed by atoms with Gasteiger partial charge in [-0.15, -0.1) is 0 Å². The third kappa shape index (κ3) is 2.21. The van der Waals surface area contributed by atoms with E-state index in [0.717, 1.165) is 31.0 Å². The van der Waals surface area contributed by atoms with Crippen LogP contribution in [0, 0.1) is 17.8 Å². The van der Waals surface area contributed by atoms with E-state index >= 15 is 0 Å². The van der Waals surface area contributed by atoms with E-state index in [1.54, 1.807) is 0 Å². The van der Waals surface area contributed by atoms with Crippen LogP contribution >= 0.6 is 0 Å². The Bertz CT molecular complexity index is 201. The molecule has 0 bridgehead atoms. The van der Waals surface area contributed by atoms with Crippen LogP contribution in [-0.4, -0.2) is 37.7 Å². The molecule has 0 aromatic heterocycles. The molecule has 3 aliphatic rings. The Hall–Kier alpha value is -0.0800. The van der Waals surface area contributed by atoms with Crippen molar-refractivity contribution in [2.24, 2.45) is 17.8 Å². The highest BCUT2D eigenvalue weighted by molar-refractivity contribution is 4.89. The zero-order valence-electron chi connectivity index (χ0n) is 9.66. The second kappa shape index (κ2) is 4.42. The summed E-state index contributed by atoms with van der Waals surface area (Å²) in [5, 5.41) is 0. The van der Waals surface area contributed by atoms with Crippen LogP contribution in [0.25, 0.3) is 0 Å². The van der Waals surface area contributed by atoms with Crippen molar-refractivity contribution < 1.29 is 4.74 Å². The fourth-order valence-corrected chi connectivity index (χ4v) is 3.78. The molecule has 0 amide bonds. The second-order valence-electron chi connectivity index (χ2n) is 5.73. The summed E-state index contributed by atoms with van der Waals surface area (Å²) in [6.07, 6.45) is 7.11. The zero-order chi connectivity index (χ0) is 10.1. The average molecular weight is 209 g/mol. The van der Waals surface area contributed by atoms with E-state index in [2.05, 4.69) is 4.90 Å². The summed E-state index contributed by atoms with van der Waals surface area (Å²) in [4.78, 5) is 2.74. The summed E-state index contributed by atoms with van der Waals surface area (Å²) >= 11 is 0. The van der Waals surface area contributed by atoms with Crippen molar-refractivity contribution >= 4 is 0 Å². The van der Waals surface area contributed by atoms with Gasteiger partial charge in [0.25, 0.3) is 0 Å². The SMILES string of the molecule is C1CC2CN(CC3CCOCC3)C[C@@H]2C1. The Morgan fingerprint density at radius 3 is 2.27 bits per heavy atom. The molecule has 2 heterocycles. The van der Waals surface area contributed by atoms with Crippen molar-refractivity contribution in [2.75, 3.05) is 32.8 Å². The topological polar surface area (TPSA) is 12.5 Å². The second-order valence-corrected chi connectivity index (χ2v) is 5.73. The minimum Gasteiger partial charge on any atom is -0.381 e. The molecule has 0 radical (unpaired) electrons. The molecule has 1 saturated carbocycles. The zero-order valence-corrected chi connectivity index (χ0v) is 9.66. The number of likely N-dealkylation sites (tertiary alicyclic amines) is 1. The van der Waals surface area contributed by atoms with Crippen LogP contribution in [0.4, 0.5) is 0 Å². The van der Waals surface area contributed by atoms with Crippen molar-refractivity contribution in [1.82, 2.24) is 4.90 Å². The Morgan fingerprint density at radius 2 is 1.60 bits per heavy atom. The molecular weight excluding hydrogens is 186 g/mol. The maximum atomic E-state index is 5.42. The summed E-state index contributed by atoms with van der Waals surface area (Å²) in [5.74, 6) is 3.05. The molecule has 2 heteroatoms. The monoisotopic (exact) mass is 209 g/mol. The number of rotatable bonds is 2. The number of fused-ring (bicyclic) bond motifs is 1. The van der Waals surface area contributed by atoms with Crippen LogP contribution < -0.4 is 0 Å². The lowest BCUT2D eigenvalue weighted by atomic mass is 10.00. The third-order valence-electron chi connectivity index (χ3n) is 4.66. The summed E-state index contributed by atoms with van der Waals surface area (Å²) in [5.41, 5.74) is 0. The summed E-state index contributed by atoms with van der Waals surface area (Å²) in [6.45, 7) is 6.18. The van der Waals surface area contributed by atoms with E-state index < -0.39 is 0 Å². The standard InChI is InChI=1S/C13H23NO/c1-2-12-9-14(10-13(12)3-1)8-11-4-6-15-7-5-11/h11-13H,1-10H2/t12-,13?/m0/s1. The summed E-state index contributed by atoms with van der Waals surface area (Å²) in [6, 6.07) is 0. The highest BCUT2D eigenvalue weighted by Crippen LogP contribution is 2.38. The fraction of sp³-hybridized carbons (Fsp3) is 1.00. The van der Waals surface area contributed by atoms with Crippen molar-refractivity contribution in [3.63, 3.8) is 0 Å². The summed E-state index contributed by atoms with van der Waals surface area (Å²) < 4.78 is 5.42. The largest absolute Gasteiger partial charge is 0.381 e. The molecule has 0 aromatic rings. The molecule has 0 spiro atoms. The van der Waals surface area contributed by atoms with E-state index in [1.165, 1.54) is 51.7 Å². The van der Waals surface area contributed by atoms with Gasteiger partial charge in [-0.1, -0.05) is 6.42 Å². The van der Waals surface area contributed by atoms with Gasteiger partial charge in [-0.05, 0) is 43.4 Å². The van der Waals surface area contributed by atoms with Crippen molar-refractivity contribution in [3.05, 3.63) is 0 Å². The molecule has 1 unspecified atom stereocenters. The molecular formula is C13H23NO. The maximum absolute atomic E-state index is 5.42. The molecule has 86 valence electrons. The number of nitrogens with zero attached hydrogens (tertiary/aromatic N) is 1. The van der Waals surface area contributed by atoms with Crippen LogP contribution in [-0.2, 0) is 4.74 Å². The Kier molecular flexibility index (Phi) is 2.98. The first-order valence-corrected chi connectivity index (χ1v) is 6.72. The van der Waals surface area contributed by atoms with Gasteiger partial charge in [0.1, 0.15) is 0 Å². The van der Waals surface area contributed by atoms with E-state index in [1.807, 2.05) is 0 Å². The van der Waals surface area contributed by atoms with Crippen LogP contribution in [0.3, 0.4) is 0 Å². The van der Waals surface area contributed by atoms with Gasteiger partial charge in [0, 0.05) is 32.8 Å². The normalized spacial score (nSPS) is 38.4. The molecule has 2 atom stereocenters. The first-order chi connectivity index (χ1) is 7.42. The molecule has 3 rings (SSSR count). The van der Waals surface area contributed by atoms with Gasteiger partial charge in [-0.2, -0.15) is 0 Å². The van der Waals surface area contributed by atoms with Gasteiger partial charge in [-0.25, -0.2) is 0 Å². The molecule has 1 aliphatic carbocycles. The molecule has 15 heavy (non-hydrogen) atoms. The van der Waals surface area contributed by atoms with Crippen LogP contribution in [0.5, 0.6) is 0 Å². The van der Waals surface area contributed by atoms with Crippen molar-refractivity contribution in [2.45, 2.75) is 32.1 Å². The lowest BCUT2D eigenvalue weighted by molar-refractivity contribution is 0.0546. The minimum absolute atomic E-state index is 0.928. The van der Waals surface area contributed by atoms with Crippen LogP contribution in [0.2, 0.25) is 0 Å². The quantitative estimate of drug-likeness (QED) is 0.691. The number of hydrogen-bond donors (Lipinski definition) is 0. The molecule has 0 N–H and O–H groups in total. The third-order valence-corrected chi connectivity index (χ3v) is 4.66. The molecule has 0 aromatic carbocycles.